The van der Waals surface area contributed by atoms with Gasteiger partial charge in [0.15, 0.2) is 0 Å². The van der Waals surface area contributed by atoms with Crippen molar-refractivity contribution in [3.05, 3.63) is 65.7 Å². The summed E-state index contributed by atoms with van der Waals surface area (Å²) in [5, 5.41) is 5.65. The molecule has 4 rings (SSSR count). The van der Waals surface area contributed by atoms with Crippen LogP contribution in [0.2, 0.25) is 0 Å². The molecular weight excluding hydrogens is 328 g/mol. The molecule has 1 aromatic heterocycles. The lowest BCUT2D eigenvalue weighted by molar-refractivity contribution is -0.111. The Labute approximate surface area is 150 Å². The fourth-order valence-corrected chi connectivity index (χ4v) is 2.58. The molecule has 0 saturated heterocycles. The Morgan fingerprint density at radius 1 is 1.08 bits per heavy atom. The Balaban J connectivity index is 1.37. The van der Waals surface area contributed by atoms with E-state index >= 15 is 0 Å². The number of carbonyl (C=O) groups is 2. The number of carbonyl (C=O) groups excluding carboxylic acids is 2. The minimum atomic E-state index is -0.278. The van der Waals surface area contributed by atoms with Crippen LogP contribution in [0.1, 0.15) is 28.8 Å². The van der Waals surface area contributed by atoms with Gasteiger partial charge in [-0.2, -0.15) is 0 Å². The molecule has 0 unspecified atom stereocenters. The molecule has 1 fully saturated rings. The van der Waals surface area contributed by atoms with Gasteiger partial charge >= 0.3 is 0 Å². The van der Waals surface area contributed by atoms with E-state index in [1.165, 1.54) is 6.08 Å². The number of nitrogens with zero attached hydrogens (tertiary/aromatic N) is 1. The quantitative estimate of drug-likeness (QED) is 0.620. The van der Waals surface area contributed by atoms with Gasteiger partial charge in [-0.1, -0.05) is 24.3 Å². The Bertz CT molecular complexity index is 951. The molecule has 1 heterocycles. The number of fused-ring (bicyclic) bond motifs is 1. The van der Waals surface area contributed by atoms with Crippen LogP contribution in [-0.2, 0) is 4.79 Å². The Morgan fingerprint density at radius 2 is 1.85 bits per heavy atom. The SMILES string of the molecule is O=C(/C=C/c1ccc(C(=O)NC2CC2)cc1)Nc1nc2ccccc2[nH]1. The summed E-state index contributed by atoms with van der Waals surface area (Å²) >= 11 is 0. The zero-order chi connectivity index (χ0) is 17.9. The summed E-state index contributed by atoms with van der Waals surface area (Å²) in [4.78, 5) is 31.3. The maximum absolute atomic E-state index is 12.0. The van der Waals surface area contributed by atoms with Gasteiger partial charge in [0, 0.05) is 17.7 Å². The highest BCUT2D eigenvalue weighted by atomic mass is 16.2. The van der Waals surface area contributed by atoms with Crippen LogP contribution in [0.15, 0.2) is 54.6 Å². The van der Waals surface area contributed by atoms with Crippen molar-refractivity contribution in [2.45, 2.75) is 18.9 Å². The van der Waals surface area contributed by atoms with E-state index in [0.29, 0.717) is 17.6 Å². The van der Waals surface area contributed by atoms with E-state index in [-0.39, 0.29) is 11.8 Å². The third-order valence-corrected chi connectivity index (χ3v) is 4.14. The molecule has 130 valence electrons. The second-order valence-electron chi connectivity index (χ2n) is 6.29. The van der Waals surface area contributed by atoms with Crippen LogP contribution in [0.25, 0.3) is 17.1 Å². The van der Waals surface area contributed by atoms with E-state index in [1.807, 2.05) is 36.4 Å². The number of para-hydroxylation sites is 2. The van der Waals surface area contributed by atoms with Crippen molar-refractivity contribution in [1.82, 2.24) is 15.3 Å². The van der Waals surface area contributed by atoms with Crippen LogP contribution in [0.4, 0.5) is 5.95 Å². The van der Waals surface area contributed by atoms with Crippen LogP contribution in [0.5, 0.6) is 0 Å². The first-order chi connectivity index (χ1) is 12.7. The van der Waals surface area contributed by atoms with Gasteiger partial charge in [-0.25, -0.2) is 4.98 Å². The fourth-order valence-electron chi connectivity index (χ4n) is 2.58. The summed E-state index contributed by atoms with van der Waals surface area (Å²) in [7, 11) is 0. The van der Waals surface area contributed by atoms with Gasteiger partial charge in [0.25, 0.3) is 11.8 Å². The van der Waals surface area contributed by atoms with Crippen molar-refractivity contribution in [3.63, 3.8) is 0 Å². The van der Waals surface area contributed by atoms with Crippen molar-refractivity contribution >= 4 is 34.9 Å². The minimum absolute atomic E-state index is 0.0503. The highest BCUT2D eigenvalue weighted by Crippen LogP contribution is 2.19. The molecule has 2 amide bonds. The van der Waals surface area contributed by atoms with Gasteiger partial charge in [0.1, 0.15) is 0 Å². The number of hydrogen-bond acceptors (Lipinski definition) is 3. The molecule has 0 bridgehead atoms. The number of nitrogens with one attached hydrogen (secondary N) is 3. The van der Waals surface area contributed by atoms with Gasteiger partial charge in [-0.05, 0) is 48.7 Å². The number of anilines is 1. The second-order valence-corrected chi connectivity index (χ2v) is 6.29. The summed E-state index contributed by atoms with van der Waals surface area (Å²) in [6, 6.07) is 15.0. The lowest BCUT2D eigenvalue weighted by Crippen LogP contribution is -2.25. The second kappa shape index (κ2) is 6.84. The third-order valence-electron chi connectivity index (χ3n) is 4.14. The normalized spacial score (nSPS) is 13.8. The van der Waals surface area contributed by atoms with Crippen molar-refractivity contribution in [3.8, 4) is 0 Å². The average Bonchev–Trinajstić information content (AvgIpc) is 3.37. The number of imidazole rings is 1. The van der Waals surface area contributed by atoms with Gasteiger partial charge in [-0.15, -0.1) is 0 Å². The highest BCUT2D eigenvalue weighted by molar-refractivity contribution is 6.01. The van der Waals surface area contributed by atoms with Gasteiger partial charge in [0.2, 0.25) is 5.95 Å². The van der Waals surface area contributed by atoms with E-state index in [0.717, 1.165) is 29.4 Å². The summed E-state index contributed by atoms with van der Waals surface area (Å²) < 4.78 is 0. The lowest BCUT2D eigenvalue weighted by Gasteiger charge is -2.03. The number of aromatic amines is 1. The first-order valence-corrected chi connectivity index (χ1v) is 8.52. The first kappa shape index (κ1) is 16.1. The maximum atomic E-state index is 12.0. The van der Waals surface area contributed by atoms with E-state index in [4.69, 9.17) is 0 Å². The van der Waals surface area contributed by atoms with E-state index in [1.54, 1.807) is 18.2 Å². The van der Waals surface area contributed by atoms with E-state index in [9.17, 15) is 9.59 Å². The number of aromatic nitrogens is 2. The fraction of sp³-hybridized carbons (Fsp3) is 0.150. The molecule has 0 aliphatic heterocycles. The largest absolute Gasteiger partial charge is 0.349 e. The summed E-state index contributed by atoms with van der Waals surface area (Å²) in [5.74, 6) is 0.0817. The topological polar surface area (TPSA) is 86.9 Å². The molecule has 1 aliphatic rings. The Morgan fingerprint density at radius 3 is 2.58 bits per heavy atom. The molecule has 6 nitrogen and oxygen atoms in total. The third kappa shape index (κ3) is 3.80. The zero-order valence-electron chi connectivity index (χ0n) is 14.0. The molecule has 26 heavy (non-hydrogen) atoms. The molecule has 6 heteroatoms. The monoisotopic (exact) mass is 346 g/mol. The van der Waals surface area contributed by atoms with Crippen LogP contribution in [0, 0.1) is 0 Å². The van der Waals surface area contributed by atoms with E-state index in [2.05, 4.69) is 20.6 Å². The van der Waals surface area contributed by atoms with E-state index < -0.39 is 0 Å². The maximum Gasteiger partial charge on any atom is 0.251 e. The van der Waals surface area contributed by atoms with Crippen molar-refractivity contribution in [2.24, 2.45) is 0 Å². The van der Waals surface area contributed by atoms with Gasteiger partial charge in [-0.3, -0.25) is 14.9 Å². The Kier molecular flexibility index (Phi) is 4.23. The number of benzene rings is 2. The standard InChI is InChI=1S/C20H18N4O2/c25-18(24-20-22-16-3-1-2-4-17(16)23-20)12-7-13-5-8-14(9-6-13)19(26)21-15-10-11-15/h1-9,12,15H,10-11H2,(H,21,26)(H2,22,23,24,25)/b12-7+. The van der Waals surface area contributed by atoms with Crippen LogP contribution in [-0.4, -0.2) is 27.8 Å². The molecule has 3 N–H and O–H groups in total. The van der Waals surface area contributed by atoms with Crippen molar-refractivity contribution < 1.29 is 9.59 Å². The summed E-state index contributed by atoms with van der Waals surface area (Å²) in [6.07, 6.45) is 5.26. The molecule has 0 atom stereocenters. The minimum Gasteiger partial charge on any atom is -0.349 e. The molecule has 2 aromatic carbocycles. The van der Waals surface area contributed by atoms with Crippen LogP contribution in [0.3, 0.4) is 0 Å². The summed E-state index contributed by atoms with van der Waals surface area (Å²) in [6.45, 7) is 0. The predicted molar refractivity (Wildman–Crippen MR) is 101 cm³/mol. The molecule has 3 aromatic rings. The first-order valence-electron chi connectivity index (χ1n) is 8.52. The molecule has 1 saturated carbocycles. The predicted octanol–water partition coefficient (Wildman–Crippen LogP) is 3.11. The summed E-state index contributed by atoms with van der Waals surface area (Å²) in [5.41, 5.74) is 3.13. The van der Waals surface area contributed by atoms with Crippen molar-refractivity contribution in [1.29, 1.82) is 0 Å². The highest BCUT2D eigenvalue weighted by Gasteiger charge is 2.23. The number of amides is 2. The van der Waals surface area contributed by atoms with Crippen LogP contribution >= 0.6 is 0 Å². The Hall–Kier alpha value is -3.41. The number of hydrogen-bond donors (Lipinski definition) is 3. The van der Waals surface area contributed by atoms with Crippen molar-refractivity contribution in [2.75, 3.05) is 5.32 Å². The number of H-pyrrole nitrogens is 1. The average molecular weight is 346 g/mol. The zero-order valence-corrected chi connectivity index (χ0v) is 14.0. The molecule has 0 radical (unpaired) electrons. The van der Waals surface area contributed by atoms with Gasteiger partial charge in [0.05, 0.1) is 11.0 Å². The molecular formula is C20H18N4O2. The smallest absolute Gasteiger partial charge is 0.251 e. The molecule has 0 spiro atoms. The van der Waals surface area contributed by atoms with Crippen LogP contribution < -0.4 is 10.6 Å². The van der Waals surface area contributed by atoms with Gasteiger partial charge < -0.3 is 10.3 Å². The molecule has 1 aliphatic carbocycles. The lowest BCUT2D eigenvalue weighted by atomic mass is 10.1. The number of rotatable bonds is 5.